The molecule has 1 N–H and O–H groups in total. The van der Waals surface area contributed by atoms with Crippen molar-refractivity contribution in [2.24, 2.45) is 5.41 Å². The highest BCUT2D eigenvalue weighted by atomic mass is 16.6. The van der Waals surface area contributed by atoms with Gasteiger partial charge in [0, 0.05) is 13.1 Å². The van der Waals surface area contributed by atoms with Crippen LogP contribution in [0.4, 0.5) is 4.79 Å². The fourth-order valence-corrected chi connectivity index (χ4v) is 4.17. The molecule has 1 aliphatic heterocycles. The predicted molar refractivity (Wildman–Crippen MR) is 98.2 cm³/mol. The number of carbonyl (C=O) groups excluding carboxylic acids is 2. The molecule has 3 rings (SSSR count). The number of carbonyl (C=O) groups is 2. The number of hydrogen-bond donors (Lipinski definition) is 1. The van der Waals surface area contributed by atoms with Crippen LogP contribution < -0.4 is 0 Å². The molecule has 1 aromatic rings. The van der Waals surface area contributed by atoms with Gasteiger partial charge in [0.15, 0.2) is 0 Å². The van der Waals surface area contributed by atoms with Crippen LogP contribution in [0.5, 0.6) is 0 Å². The van der Waals surface area contributed by atoms with Crippen LogP contribution >= 0.6 is 0 Å². The Morgan fingerprint density at radius 2 is 1.96 bits per heavy atom. The third-order valence-electron chi connectivity index (χ3n) is 5.45. The number of pyridine rings is 1. The van der Waals surface area contributed by atoms with Crippen molar-refractivity contribution in [3.63, 3.8) is 0 Å². The average molecular weight is 376 g/mol. The standard InChI is InChI=1S/C20H28N2O5/c1-18(2,3)27-17(24)22-11-10-19(13-22)8-9-20(25,12-19)15-7-5-6-14(21-15)16(23)26-4/h5-7,25H,8-13H2,1-4H3. The second kappa shape index (κ2) is 6.78. The van der Waals surface area contributed by atoms with Gasteiger partial charge in [0.05, 0.1) is 12.8 Å². The first-order chi connectivity index (χ1) is 12.6. The minimum Gasteiger partial charge on any atom is -0.464 e. The number of rotatable bonds is 2. The highest BCUT2D eigenvalue weighted by molar-refractivity contribution is 5.87. The van der Waals surface area contributed by atoms with Crippen molar-refractivity contribution in [1.29, 1.82) is 0 Å². The minimum atomic E-state index is -1.10. The van der Waals surface area contributed by atoms with Crippen LogP contribution in [0.1, 0.15) is 62.6 Å². The maximum Gasteiger partial charge on any atom is 0.410 e. The fraction of sp³-hybridized carbons (Fsp3) is 0.650. The van der Waals surface area contributed by atoms with Gasteiger partial charge >= 0.3 is 12.1 Å². The van der Waals surface area contributed by atoms with E-state index in [9.17, 15) is 14.7 Å². The van der Waals surface area contributed by atoms with Crippen molar-refractivity contribution in [2.75, 3.05) is 20.2 Å². The van der Waals surface area contributed by atoms with Crippen LogP contribution in [-0.2, 0) is 15.1 Å². The van der Waals surface area contributed by atoms with Crippen molar-refractivity contribution < 1.29 is 24.2 Å². The number of amides is 1. The van der Waals surface area contributed by atoms with Crippen LogP contribution in [0.2, 0.25) is 0 Å². The highest BCUT2D eigenvalue weighted by Gasteiger charge is 2.52. The summed E-state index contributed by atoms with van der Waals surface area (Å²) in [5.41, 5.74) is -1.10. The first-order valence-corrected chi connectivity index (χ1v) is 9.32. The zero-order valence-corrected chi connectivity index (χ0v) is 16.4. The van der Waals surface area contributed by atoms with Crippen LogP contribution in [0, 0.1) is 5.41 Å². The number of aliphatic hydroxyl groups is 1. The summed E-state index contributed by atoms with van der Waals surface area (Å²) in [6, 6.07) is 5.02. The Hall–Kier alpha value is -2.15. The van der Waals surface area contributed by atoms with E-state index in [1.807, 2.05) is 20.8 Å². The molecule has 1 saturated heterocycles. The molecular weight excluding hydrogens is 348 g/mol. The molecule has 2 heterocycles. The molecule has 1 spiro atoms. The number of hydrogen-bond acceptors (Lipinski definition) is 6. The summed E-state index contributed by atoms with van der Waals surface area (Å²) >= 11 is 0. The molecule has 0 bridgehead atoms. The molecule has 2 atom stereocenters. The highest BCUT2D eigenvalue weighted by Crippen LogP contribution is 2.53. The first kappa shape index (κ1) is 19.6. The molecule has 1 aromatic heterocycles. The van der Waals surface area contributed by atoms with Crippen molar-refractivity contribution in [3.05, 3.63) is 29.6 Å². The van der Waals surface area contributed by atoms with E-state index in [4.69, 9.17) is 9.47 Å². The van der Waals surface area contributed by atoms with Gasteiger partial charge in [-0.05, 0) is 64.0 Å². The zero-order valence-electron chi connectivity index (χ0n) is 16.4. The summed E-state index contributed by atoms with van der Waals surface area (Å²) in [5.74, 6) is -0.523. The second-order valence-electron chi connectivity index (χ2n) is 8.76. The number of aromatic nitrogens is 1. The Morgan fingerprint density at radius 3 is 2.63 bits per heavy atom. The molecule has 2 unspecified atom stereocenters. The molecule has 7 heteroatoms. The van der Waals surface area contributed by atoms with Crippen LogP contribution in [0.15, 0.2) is 18.2 Å². The molecule has 1 aliphatic carbocycles. The fourth-order valence-electron chi connectivity index (χ4n) is 4.17. The average Bonchev–Trinajstić information content (AvgIpc) is 3.17. The van der Waals surface area contributed by atoms with Gasteiger partial charge in [-0.15, -0.1) is 0 Å². The monoisotopic (exact) mass is 376 g/mol. The molecule has 1 saturated carbocycles. The summed E-state index contributed by atoms with van der Waals surface area (Å²) < 4.78 is 10.2. The zero-order chi connectivity index (χ0) is 19.9. The lowest BCUT2D eigenvalue weighted by atomic mass is 9.83. The van der Waals surface area contributed by atoms with E-state index in [-0.39, 0.29) is 17.2 Å². The Bertz CT molecular complexity index is 744. The van der Waals surface area contributed by atoms with Gasteiger partial charge in [-0.3, -0.25) is 0 Å². The van der Waals surface area contributed by atoms with E-state index in [1.54, 1.807) is 23.1 Å². The topological polar surface area (TPSA) is 89.0 Å². The molecule has 148 valence electrons. The number of nitrogens with zero attached hydrogens (tertiary/aromatic N) is 2. The van der Waals surface area contributed by atoms with Crippen molar-refractivity contribution in [2.45, 2.75) is 57.7 Å². The normalized spacial score (nSPS) is 27.8. The number of methoxy groups -OCH3 is 1. The Morgan fingerprint density at radius 1 is 1.22 bits per heavy atom. The quantitative estimate of drug-likeness (QED) is 0.799. The van der Waals surface area contributed by atoms with E-state index < -0.39 is 17.2 Å². The van der Waals surface area contributed by atoms with Crippen LogP contribution in [-0.4, -0.2) is 52.9 Å². The lowest BCUT2D eigenvalue weighted by molar-refractivity contribution is 0.0186. The summed E-state index contributed by atoms with van der Waals surface area (Å²) in [6.45, 7) is 6.75. The molecule has 0 radical (unpaired) electrons. The lowest BCUT2D eigenvalue weighted by Crippen LogP contribution is -2.37. The second-order valence-corrected chi connectivity index (χ2v) is 8.76. The van der Waals surface area contributed by atoms with E-state index in [2.05, 4.69) is 4.98 Å². The molecule has 2 fully saturated rings. The summed E-state index contributed by atoms with van der Waals surface area (Å²) in [6.07, 6.45) is 2.38. The van der Waals surface area contributed by atoms with Crippen molar-refractivity contribution in [3.8, 4) is 0 Å². The lowest BCUT2D eigenvalue weighted by Gasteiger charge is -2.28. The minimum absolute atomic E-state index is 0.144. The predicted octanol–water partition coefficient (Wildman–Crippen LogP) is 2.87. The van der Waals surface area contributed by atoms with Gasteiger partial charge in [0.25, 0.3) is 0 Å². The summed E-state index contributed by atoms with van der Waals surface area (Å²) in [4.78, 5) is 30.2. The summed E-state index contributed by atoms with van der Waals surface area (Å²) in [5, 5.41) is 11.2. The maximum absolute atomic E-state index is 12.4. The van der Waals surface area contributed by atoms with E-state index in [0.29, 0.717) is 31.6 Å². The number of ether oxygens (including phenoxy) is 2. The SMILES string of the molecule is COC(=O)c1cccc(C2(O)CCC3(CCN(C(=O)OC(C)(C)C)C3)C2)n1. The number of likely N-dealkylation sites (tertiary alicyclic amines) is 1. The van der Waals surface area contributed by atoms with E-state index in [0.717, 1.165) is 12.8 Å². The van der Waals surface area contributed by atoms with Gasteiger partial charge in [-0.1, -0.05) is 6.07 Å². The smallest absolute Gasteiger partial charge is 0.410 e. The van der Waals surface area contributed by atoms with E-state index in [1.165, 1.54) is 7.11 Å². The van der Waals surface area contributed by atoms with Crippen molar-refractivity contribution >= 4 is 12.1 Å². The maximum atomic E-state index is 12.4. The third-order valence-corrected chi connectivity index (χ3v) is 5.45. The molecule has 2 aliphatic rings. The van der Waals surface area contributed by atoms with Crippen LogP contribution in [0.3, 0.4) is 0 Å². The first-order valence-electron chi connectivity index (χ1n) is 9.32. The Balaban J connectivity index is 1.73. The van der Waals surface area contributed by atoms with Crippen LogP contribution in [0.25, 0.3) is 0 Å². The van der Waals surface area contributed by atoms with Gasteiger partial charge in [-0.2, -0.15) is 0 Å². The van der Waals surface area contributed by atoms with Gasteiger partial charge in [-0.25, -0.2) is 14.6 Å². The van der Waals surface area contributed by atoms with Crippen molar-refractivity contribution in [1.82, 2.24) is 9.88 Å². The molecular formula is C20H28N2O5. The Kier molecular flexibility index (Phi) is 4.93. The molecule has 0 aromatic carbocycles. The van der Waals surface area contributed by atoms with Gasteiger partial charge < -0.3 is 19.5 Å². The van der Waals surface area contributed by atoms with E-state index >= 15 is 0 Å². The molecule has 7 nitrogen and oxygen atoms in total. The van der Waals surface area contributed by atoms with Gasteiger partial charge in [0.1, 0.15) is 16.9 Å². The molecule has 1 amide bonds. The van der Waals surface area contributed by atoms with Gasteiger partial charge in [0.2, 0.25) is 0 Å². The molecule has 27 heavy (non-hydrogen) atoms. The number of esters is 1. The largest absolute Gasteiger partial charge is 0.464 e. The third kappa shape index (κ3) is 4.08. The summed E-state index contributed by atoms with van der Waals surface area (Å²) in [7, 11) is 1.31. The Labute approximate surface area is 159 Å².